The number of methoxy groups -OCH3 is 1. The lowest BCUT2D eigenvalue weighted by Crippen LogP contribution is -2.04. The van der Waals surface area contributed by atoms with Gasteiger partial charge >= 0.3 is 0 Å². The maximum absolute atomic E-state index is 15.2. The van der Waals surface area contributed by atoms with E-state index in [0.717, 1.165) is 0 Å². The number of halogens is 2. The van der Waals surface area contributed by atoms with Crippen LogP contribution in [0.3, 0.4) is 0 Å². The smallest absolute Gasteiger partial charge is 0.231 e. The summed E-state index contributed by atoms with van der Waals surface area (Å²) >= 11 is 0. The molecule has 2 aromatic heterocycles. The number of hydrogen-bond donors (Lipinski definition) is 1. The number of hydrogen-bond acceptors (Lipinski definition) is 7. The Morgan fingerprint density at radius 3 is 2.66 bits per heavy atom. The summed E-state index contributed by atoms with van der Waals surface area (Å²) in [5.41, 5.74) is 0.163. The minimum absolute atomic E-state index is 0.0286. The number of nitrogens with zero attached hydrogens (tertiary/aromatic N) is 4. The molecular formula is C22H19F2N5O3. The van der Waals surface area contributed by atoms with E-state index in [1.165, 1.54) is 43.8 Å². The first-order valence-electron chi connectivity index (χ1n) is 9.38. The first kappa shape index (κ1) is 22.5. The van der Waals surface area contributed by atoms with Gasteiger partial charge in [0, 0.05) is 12.4 Å². The Bertz CT molecular complexity index is 1190. The molecule has 0 atom stereocenters. The Hall–Kier alpha value is -4.21. The lowest BCUT2D eigenvalue weighted by molar-refractivity contribution is -0.105. The van der Waals surface area contributed by atoms with Crippen LogP contribution >= 0.6 is 0 Å². The van der Waals surface area contributed by atoms with Crippen molar-refractivity contribution in [2.24, 2.45) is 0 Å². The number of allylic oxidation sites excluding steroid dienone is 5. The van der Waals surface area contributed by atoms with Gasteiger partial charge in [-0.25, -0.2) is 18.7 Å². The summed E-state index contributed by atoms with van der Waals surface area (Å²) in [6.45, 7) is 5.27. The van der Waals surface area contributed by atoms with E-state index in [4.69, 9.17) is 9.26 Å². The molecule has 0 fully saturated rings. The molecule has 3 aromatic rings. The molecule has 0 unspecified atom stereocenters. The van der Waals surface area contributed by atoms with Gasteiger partial charge in [0.05, 0.1) is 24.7 Å². The summed E-state index contributed by atoms with van der Waals surface area (Å²) in [6.07, 6.45) is 6.00. The van der Waals surface area contributed by atoms with Gasteiger partial charge < -0.3 is 14.6 Å². The van der Waals surface area contributed by atoms with Gasteiger partial charge in [0.15, 0.2) is 11.6 Å². The molecule has 0 bridgehead atoms. The van der Waals surface area contributed by atoms with Gasteiger partial charge in [0.25, 0.3) is 0 Å². The molecule has 8 nitrogen and oxygen atoms in total. The molecule has 164 valence electrons. The summed E-state index contributed by atoms with van der Waals surface area (Å²) < 4.78 is 40.3. The normalized spacial score (nSPS) is 12.2. The quantitative estimate of drug-likeness (QED) is 0.395. The number of benzene rings is 1. The zero-order chi connectivity index (χ0) is 23.1. The Kier molecular flexibility index (Phi) is 7.17. The lowest BCUT2D eigenvalue weighted by Gasteiger charge is -2.10. The largest absolute Gasteiger partial charge is 0.494 e. The van der Waals surface area contributed by atoms with E-state index < -0.39 is 11.6 Å². The van der Waals surface area contributed by atoms with E-state index in [1.54, 1.807) is 13.0 Å². The van der Waals surface area contributed by atoms with Gasteiger partial charge in [-0.1, -0.05) is 30.0 Å². The number of anilines is 1. The number of amides is 1. The zero-order valence-corrected chi connectivity index (χ0v) is 17.3. The van der Waals surface area contributed by atoms with E-state index >= 15 is 4.39 Å². The van der Waals surface area contributed by atoms with Gasteiger partial charge in [-0.05, 0) is 24.6 Å². The average molecular weight is 439 g/mol. The number of ether oxygens (including phenoxy) is 1. The first-order valence-corrected chi connectivity index (χ1v) is 9.38. The Morgan fingerprint density at radius 2 is 2.03 bits per heavy atom. The van der Waals surface area contributed by atoms with Gasteiger partial charge in [-0.15, -0.1) is 0 Å². The second kappa shape index (κ2) is 10.2. The molecule has 1 aromatic carbocycles. The van der Waals surface area contributed by atoms with Crippen LogP contribution in [0.15, 0.2) is 59.7 Å². The van der Waals surface area contributed by atoms with Crippen LogP contribution in [-0.2, 0) is 11.2 Å². The summed E-state index contributed by atoms with van der Waals surface area (Å²) in [6, 6.07) is 4.57. The van der Waals surface area contributed by atoms with E-state index in [1.807, 2.05) is 0 Å². The molecule has 0 saturated heterocycles. The summed E-state index contributed by atoms with van der Waals surface area (Å²) in [7, 11) is 1.35. The summed E-state index contributed by atoms with van der Waals surface area (Å²) in [4.78, 5) is 23.1. The van der Waals surface area contributed by atoms with Gasteiger partial charge in [-0.3, -0.25) is 4.79 Å². The highest BCUT2D eigenvalue weighted by molar-refractivity contribution is 5.86. The fraction of sp³-hybridized carbons (Fsp3) is 0.136. The molecular weight excluding hydrogens is 420 g/mol. The molecule has 10 heteroatoms. The monoisotopic (exact) mass is 439 g/mol. The molecule has 2 heterocycles. The third kappa shape index (κ3) is 4.59. The predicted octanol–water partition coefficient (Wildman–Crippen LogP) is 4.14. The zero-order valence-electron chi connectivity index (χ0n) is 17.3. The molecule has 0 aliphatic rings. The van der Waals surface area contributed by atoms with Crippen LogP contribution in [0.1, 0.15) is 30.0 Å². The van der Waals surface area contributed by atoms with E-state index in [9.17, 15) is 9.18 Å². The van der Waals surface area contributed by atoms with E-state index in [-0.39, 0.29) is 52.1 Å². The van der Waals surface area contributed by atoms with Crippen molar-refractivity contribution in [2.45, 2.75) is 13.3 Å². The maximum atomic E-state index is 15.2. The van der Waals surface area contributed by atoms with Gasteiger partial charge in [0.2, 0.25) is 18.1 Å². The number of carbonyl (C=O) groups is 1. The Balaban J connectivity index is 1.94. The van der Waals surface area contributed by atoms with Crippen LogP contribution in [0.25, 0.3) is 11.1 Å². The fourth-order valence-corrected chi connectivity index (χ4v) is 2.92. The lowest BCUT2D eigenvalue weighted by atomic mass is 10.1. The minimum Gasteiger partial charge on any atom is -0.494 e. The third-order valence-corrected chi connectivity index (χ3v) is 4.43. The molecule has 1 N–H and O–H groups in total. The molecule has 0 saturated carbocycles. The third-order valence-electron chi connectivity index (χ3n) is 4.43. The van der Waals surface area contributed by atoms with Crippen LogP contribution in [0.2, 0.25) is 0 Å². The highest BCUT2D eigenvalue weighted by atomic mass is 19.1. The molecule has 0 spiro atoms. The molecule has 32 heavy (non-hydrogen) atoms. The van der Waals surface area contributed by atoms with Crippen LogP contribution in [-0.4, -0.2) is 33.6 Å². The van der Waals surface area contributed by atoms with Crippen LogP contribution < -0.4 is 10.1 Å². The number of carbonyl (C=O) groups excluding carboxylic acids is 1. The molecule has 3 rings (SSSR count). The van der Waals surface area contributed by atoms with Crippen molar-refractivity contribution < 1.29 is 22.8 Å². The van der Waals surface area contributed by atoms with Crippen molar-refractivity contribution in [3.05, 3.63) is 84.1 Å². The van der Waals surface area contributed by atoms with Crippen molar-refractivity contribution in [3.63, 3.8) is 0 Å². The maximum Gasteiger partial charge on any atom is 0.231 e. The van der Waals surface area contributed by atoms with Crippen molar-refractivity contribution in [1.29, 1.82) is 0 Å². The van der Waals surface area contributed by atoms with Crippen LogP contribution in [0.5, 0.6) is 5.75 Å². The van der Waals surface area contributed by atoms with Gasteiger partial charge in [0.1, 0.15) is 17.3 Å². The summed E-state index contributed by atoms with van der Waals surface area (Å²) in [5, 5.41) is 6.06. The molecule has 0 aliphatic carbocycles. The minimum atomic E-state index is -0.709. The second-order valence-electron chi connectivity index (χ2n) is 6.27. The number of nitrogens with one attached hydrogen (secondary N) is 1. The fourth-order valence-electron chi connectivity index (χ4n) is 2.92. The second-order valence-corrected chi connectivity index (χ2v) is 6.27. The molecule has 0 aliphatic heterocycles. The Morgan fingerprint density at radius 1 is 1.28 bits per heavy atom. The van der Waals surface area contributed by atoms with Crippen molar-refractivity contribution >= 4 is 23.2 Å². The topological polar surface area (TPSA) is 103 Å². The number of rotatable bonds is 9. The van der Waals surface area contributed by atoms with E-state index in [0.29, 0.717) is 6.41 Å². The highest BCUT2D eigenvalue weighted by Crippen LogP contribution is 2.32. The van der Waals surface area contributed by atoms with Crippen LogP contribution in [0.4, 0.5) is 14.5 Å². The van der Waals surface area contributed by atoms with Gasteiger partial charge in [-0.2, -0.15) is 4.98 Å². The highest BCUT2D eigenvalue weighted by Gasteiger charge is 2.21. The molecule has 1 amide bonds. The standard InChI is InChI=1S/C22H19F2N5O3/c1-4-14(21-25-9-6-10-26-21)19(24)15(5-2)22-28-17(32-29-22)11-13-7-8-16(31-3)20(18(13)23)27-12-30/h4-10,12H,2,11H2,1,3H3,(H,27,30)/b14-4+,19-15-. The van der Waals surface area contributed by atoms with E-state index in [2.05, 4.69) is 32.0 Å². The summed E-state index contributed by atoms with van der Waals surface area (Å²) in [5.74, 6) is -1.08. The SMILES string of the molecule is C=C/C(=C(F)\C(=C/C)c1ncccn1)c1noc(Cc2ccc(OC)c(NC=O)c2F)n1. The van der Waals surface area contributed by atoms with Crippen molar-refractivity contribution in [2.75, 3.05) is 12.4 Å². The average Bonchev–Trinajstić information content (AvgIpc) is 3.26. The predicted molar refractivity (Wildman–Crippen MR) is 114 cm³/mol. The van der Waals surface area contributed by atoms with Crippen LogP contribution in [0, 0.1) is 5.82 Å². The first-order chi connectivity index (χ1) is 15.5. The number of aromatic nitrogens is 4. The Labute approximate surface area is 182 Å². The van der Waals surface area contributed by atoms with Crippen molar-refractivity contribution in [1.82, 2.24) is 20.1 Å². The van der Waals surface area contributed by atoms with Crippen molar-refractivity contribution in [3.8, 4) is 5.75 Å². The molecule has 0 radical (unpaired) electrons.